The molecule has 2 heterocycles. The second-order valence-electron chi connectivity index (χ2n) is 4.62. The number of anilines is 2. The number of aromatic nitrogens is 2. The smallest absolute Gasteiger partial charge is 0.241 e. The van der Waals surface area contributed by atoms with E-state index in [-0.39, 0.29) is 10.8 Å². The Morgan fingerprint density at radius 2 is 1.77 bits per heavy atom. The second kappa shape index (κ2) is 5.78. The molecule has 1 aliphatic heterocycles. The first-order chi connectivity index (χ1) is 10.5. The first-order valence-electron chi connectivity index (χ1n) is 6.54. The van der Waals surface area contributed by atoms with E-state index in [1.165, 1.54) is 0 Å². The first kappa shape index (κ1) is 14.5. The number of fused-ring (bicyclic) bond motifs is 1. The molecule has 0 bridgehead atoms. The van der Waals surface area contributed by atoms with Crippen LogP contribution in [0.5, 0.6) is 11.5 Å². The van der Waals surface area contributed by atoms with Gasteiger partial charge in [-0.15, -0.1) is 0 Å². The summed E-state index contributed by atoms with van der Waals surface area (Å²) in [6.45, 7) is 1.22. The lowest BCUT2D eigenvalue weighted by Gasteiger charge is -2.10. The number of benzene rings is 1. The van der Waals surface area contributed by atoms with Crippen LogP contribution in [0.1, 0.15) is 6.42 Å². The van der Waals surface area contributed by atoms with E-state index >= 15 is 0 Å². The maximum absolute atomic E-state index is 11.1. The molecule has 0 saturated heterocycles. The Kier molecular flexibility index (Phi) is 3.82. The molecule has 8 nitrogen and oxygen atoms in total. The van der Waals surface area contributed by atoms with Crippen molar-refractivity contribution in [3.63, 3.8) is 0 Å². The van der Waals surface area contributed by atoms with Gasteiger partial charge in [0.15, 0.2) is 11.5 Å². The highest BCUT2D eigenvalue weighted by Gasteiger charge is 2.12. The van der Waals surface area contributed by atoms with Crippen LogP contribution in [0.3, 0.4) is 0 Å². The standard InChI is InChI=1S/C13H14N4O4S/c14-22(18,19)10-7-15-13(16-8-10)17-9-2-3-11-12(6-9)21-5-1-4-20-11/h2-3,6-8H,1,4-5H2,(H2,14,18,19)(H,15,16,17). The lowest BCUT2D eigenvalue weighted by Crippen LogP contribution is -2.13. The summed E-state index contributed by atoms with van der Waals surface area (Å²) in [5.41, 5.74) is 0.701. The van der Waals surface area contributed by atoms with Gasteiger partial charge in [-0.2, -0.15) is 0 Å². The largest absolute Gasteiger partial charge is 0.490 e. The maximum atomic E-state index is 11.1. The van der Waals surface area contributed by atoms with Crippen molar-refractivity contribution >= 4 is 21.7 Å². The Bertz CT molecular complexity index is 777. The van der Waals surface area contributed by atoms with Crippen molar-refractivity contribution in [1.29, 1.82) is 0 Å². The molecule has 22 heavy (non-hydrogen) atoms. The first-order valence-corrected chi connectivity index (χ1v) is 8.08. The zero-order chi connectivity index (χ0) is 15.6. The molecule has 116 valence electrons. The Morgan fingerprint density at radius 3 is 2.45 bits per heavy atom. The van der Waals surface area contributed by atoms with Gasteiger partial charge < -0.3 is 14.8 Å². The molecule has 0 fully saturated rings. The molecular weight excluding hydrogens is 308 g/mol. The zero-order valence-corrected chi connectivity index (χ0v) is 12.3. The Balaban J connectivity index is 1.80. The van der Waals surface area contributed by atoms with Crippen LogP contribution in [0.4, 0.5) is 11.6 Å². The summed E-state index contributed by atoms with van der Waals surface area (Å²) >= 11 is 0. The van der Waals surface area contributed by atoms with Crippen molar-refractivity contribution in [3.8, 4) is 11.5 Å². The van der Waals surface area contributed by atoms with Gasteiger partial charge >= 0.3 is 0 Å². The van der Waals surface area contributed by atoms with Crippen molar-refractivity contribution in [3.05, 3.63) is 30.6 Å². The van der Waals surface area contributed by atoms with Crippen LogP contribution in [0.25, 0.3) is 0 Å². The van der Waals surface area contributed by atoms with E-state index in [4.69, 9.17) is 14.6 Å². The molecule has 1 aromatic heterocycles. The Labute approximate surface area is 127 Å². The predicted octanol–water partition coefficient (Wildman–Crippen LogP) is 1.03. The lowest BCUT2D eigenvalue weighted by atomic mass is 10.3. The van der Waals surface area contributed by atoms with Crippen molar-refractivity contribution in [1.82, 2.24) is 9.97 Å². The van der Waals surface area contributed by atoms with E-state index < -0.39 is 10.0 Å². The highest BCUT2D eigenvalue weighted by molar-refractivity contribution is 7.89. The van der Waals surface area contributed by atoms with E-state index in [0.29, 0.717) is 30.4 Å². The number of sulfonamides is 1. The van der Waals surface area contributed by atoms with Crippen LogP contribution in [0, 0.1) is 0 Å². The van der Waals surface area contributed by atoms with Crippen LogP contribution in [-0.4, -0.2) is 31.6 Å². The fraction of sp³-hybridized carbons (Fsp3) is 0.231. The normalized spacial score (nSPS) is 14.2. The molecule has 9 heteroatoms. The summed E-state index contributed by atoms with van der Waals surface area (Å²) in [6, 6.07) is 5.36. The van der Waals surface area contributed by atoms with E-state index in [0.717, 1.165) is 18.8 Å². The maximum Gasteiger partial charge on any atom is 0.241 e. The monoisotopic (exact) mass is 322 g/mol. The van der Waals surface area contributed by atoms with Gasteiger partial charge in [0.2, 0.25) is 16.0 Å². The summed E-state index contributed by atoms with van der Waals surface area (Å²) in [6.07, 6.45) is 3.12. The number of hydrogen-bond donors (Lipinski definition) is 2. The molecule has 0 unspecified atom stereocenters. The van der Waals surface area contributed by atoms with Crippen LogP contribution >= 0.6 is 0 Å². The van der Waals surface area contributed by atoms with Gasteiger partial charge in [0, 0.05) is 18.2 Å². The van der Waals surface area contributed by atoms with Gasteiger partial charge in [0.1, 0.15) is 4.90 Å². The van der Waals surface area contributed by atoms with Crippen LogP contribution in [-0.2, 0) is 10.0 Å². The van der Waals surface area contributed by atoms with Crippen LogP contribution < -0.4 is 19.9 Å². The summed E-state index contributed by atoms with van der Waals surface area (Å²) in [5, 5.41) is 7.95. The SMILES string of the molecule is NS(=O)(=O)c1cnc(Nc2ccc3c(c2)OCCCO3)nc1. The molecule has 0 aliphatic carbocycles. The van der Waals surface area contributed by atoms with Gasteiger partial charge in [-0.1, -0.05) is 0 Å². The van der Waals surface area contributed by atoms with E-state index in [1.54, 1.807) is 18.2 Å². The van der Waals surface area contributed by atoms with Crippen LogP contribution in [0.15, 0.2) is 35.5 Å². The molecule has 3 N–H and O–H groups in total. The molecule has 1 aliphatic rings. The molecule has 0 atom stereocenters. The second-order valence-corrected chi connectivity index (χ2v) is 6.19. The van der Waals surface area contributed by atoms with Gasteiger partial charge in [0.25, 0.3) is 0 Å². The number of nitrogens with zero attached hydrogens (tertiary/aromatic N) is 2. The van der Waals surface area contributed by atoms with E-state index in [1.807, 2.05) is 0 Å². The number of nitrogens with one attached hydrogen (secondary N) is 1. The number of ether oxygens (including phenoxy) is 2. The fourth-order valence-electron chi connectivity index (χ4n) is 1.90. The number of primary sulfonamides is 1. The minimum absolute atomic E-state index is 0.142. The number of hydrogen-bond acceptors (Lipinski definition) is 7. The molecule has 0 radical (unpaired) electrons. The topological polar surface area (TPSA) is 116 Å². The molecule has 1 aromatic carbocycles. The third-order valence-corrected chi connectivity index (χ3v) is 3.83. The average molecular weight is 322 g/mol. The summed E-state index contributed by atoms with van der Waals surface area (Å²) in [7, 11) is -3.80. The van der Waals surface area contributed by atoms with Crippen LogP contribution in [0.2, 0.25) is 0 Å². The summed E-state index contributed by atoms with van der Waals surface area (Å²) in [5.74, 6) is 1.58. The molecular formula is C13H14N4O4S. The number of nitrogens with two attached hydrogens (primary N) is 1. The molecule has 0 saturated carbocycles. The number of rotatable bonds is 3. The molecule has 2 aromatic rings. The van der Waals surface area contributed by atoms with E-state index in [9.17, 15) is 8.42 Å². The quantitative estimate of drug-likeness (QED) is 0.866. The average Bonchev–Trinajstić information content (AvgIpc) is 2.71. The van der Waals surface area contributed by atoms with Crippen molar-refractivity contribution in [2.45, 2.75) is 11.3 Å². The van der Waals surface area contributed by atoms with Gasteiger partial charge in [0.05, 0.1) is 25.6 Å². The zero-order valence-electron chi connectivity index (χ0n) is 11.5. The molecule has 0 amide bonds. The van der Waals surface area contributed by atoms with Gasteiger partial charge in [-0.05, 0) is 12.1 Å². The van der Waals surface area contributed by atoms with Crippen molar-refractivity contribution < 1.29 is 17.9 Å². The van der Waals surface area contributed by atoms with Gasteiger partial charge in [-0.25, -0.2) is 23.5 Å². The predicted molar refractivity (Wildman–Crippen MR) is 78.7 cm³/mol. The summed E-state index contributed by atoms with van der Waals surface area (Å²) in [4.78, 5) is 7.69. The third-order valence-electron chi connectivity index (χ3n) is 2.96. The third kappa shape index (κ3) is 3.26. The minimum Gasteiger partial charge on any atom is -0.490 e. The minimum atomic E-state index is -3.80. The van der Waals surface area contributed by atoms with Gasteiger partial charge in [-0.3, -0.25) is 0 Å². The highest BCUT2D eigenvalue weighted by Crippen LogP contribution is 2.32. The fourth-order valence-corrected chi connectivity index (χ4v) is 2.30. The van der Waals surface area contributed by atoms with Crippen molar-refractivity contribution in [2.75, 3.05) is 18.5 Å². The molecule has 3 rings (SSSR count). The summed E-state index contributed by atoms with van der Waals surface area (Å²) < 4.78 is 33.4. The highest BCUT2D eigenvalue weighted by atomic mass is 32.2. The molecule has 0 spiro atoms. The Hall–Kier alpha value is -2.39. The lowest BCUT2D eigenvalue weighted by molar-refractivity contribution is 0.297. The van der Waals surface area contributed by atoms with Crippen molar-refractivity contribution in [2.24, 2.45) is 5.14 Å². The van der Waals surface area contributed by atoms with E-state index in [2.05, 4.69) is 15.3 Å². The Morgan fingerprint density at radius 1 is 1.09 bits per heavy atom.